The van der Waals surface area contributed by atoms with Crippen LogP contribution in [0.2, 0.25) is 0 Å². The van der Waals surface area contributed by atoms with E-state index in [2.05, 4.69) is 5.32 Å². The summed E-state index contributed by atoms with van der Waals surface area (Å²) >= 11 is 0. The number of benzene rings is 3. The second kappa shape index (κ2) is 9.01. The van der Waals surface area contributed by atoms with Gasteiger partial charge in [0, 0.05) is 16.9 Å². The summed E-state index contributed by atoms with van der Waals surface area (Å²) in [6.45, 7) is 1.49. The fourth-order valence-corrected chi connectivity index (χ4v) is 6.72. The van der Waals surface area contributed by atoms with Crippen LogP contribution in [0.15, 0.2) is 66.7 Å². The van der Waals surface area contributed by atoms with E-state index in [0.717, 1.165) is 11.3 Å². The van der Waals surface area contributed by atoms with Gasteiger partial charge in [0.05, 0.1) is 33.3 Å². The molecular weight excluding hydrogens is 496 g/mol. The monoisotopic (exact) mass is 524 g/mol. The number of carbonyl (C=O) groups is 3. The number of hydrogen-bond donors (Lipinski definition) is 1. The first-order valence-electron chi connectivity index (χ1n) is 12.7. The molecule has 3 aromatic carbocycles. The largest absolute Gasteiger partial charge is 0.493 e. The molecule has 0 aliphatic carbocycles. The highest BCUT2D eigenvalue weighted by atomic mass is 16.5. The lowest BCUT2D eigenvalue weighted by molar-refractivity contribution is -0.127. The second-order valence-electron chi connectivity index (χ2n) is 9.95. The van der Waals surface area contributed by atoms with E-state index < -0.39 is 23.4 Å². The van der Waals surface area contributed by atoms with Gasteiger partial charge in [0.25, 0.3) is 0 Å². The molecule has 3 aliphatic heterocycles. The van der Waals surface area contributed by atoms with Crippen molar-refractivity contribution in [1.82, 2.24) is 0 Å². The minimum Gasteiger partial charge on any atom is -0.493 e. The van der Waals surface area contributed by atoms with E-state index in [1.807, 2.05) is 59.5 Å². The minimum atomic E-state index is -1.47. The molecule has 8 heteroatoms. The number of fused-ring (bicyclic) bond motifs is 5. The number of hydrogen-bond acceptors (Lipinski definition) is 7. The molecular formula is C31H28N2O6. The maximum absolute atomic E-state index is 14.7. The average molecular weight is 525 g/mol. The van der Waals surface area contributed by atoms with Gasteiger partial charge >= 0.3 is 0 Å². The molecule has 0 radical (unpaired) electrons. The highest BCUT2D eigenvalue weighted by Gasteiger charge is 2.70. The Morgan fingerprint density at radius 2 is 1.59 bits per heavy atom. The SMILES string of the molecule is COc1cc(C(=O)[C@H]2C3C=Cc4ccccc4N3[C@@H](C(C)=O)[C@@]23C(=O)Nc2ccccc23)cc(OC)c1OC. The Balaban J connectivity index is 1.64. The molecule has 1 saturated heterocycles. The van der Waals surface area contributed by atoms with Gasteiger partial charge in [-0.15, -0.1) is 0 Å². The molecule has 3 aromatic rings. The van der Waals surface area contributed by atoms with Crippen molar-refractivity contribution in [3.8, 4) is 17.2 Å². The van der Waals surface area contributed by atoms with Crippen molar-refractivity contribution in [2.45, 2.75) is 24.4 Å². The zero-order valence-electron chi connectivity index (χ0n) is 22.1. The fraction of sp³-hybridized carbons (Fsp3) is 0.258. The van der Waals surface area contributed by atoms with Gasteiger partial charge in [-0.25, -0.2) is 0 Å². The number of amides is 1. The Morgan fingerprint density at radius 1 is 0.923 bits per heavy atom. The highest BCUT2D eigenvalue weighted by Crippen LogP contribution is 2.57. The van der Waals surface area contributed by atoms with Crippen LogP contribution < -0.4 is 24.4 Å². The normalized spacial score (nSPS) is 24.1. The van der Waals surface area contributed by atoms with Crippen molar-refractivity contribution in [3.05, 3.63) is 83.4 Å². The number of Topliss-reactive ketones (excluding diaryl/α,β-unsaturated/α-hetero) is 2. The standard InChI is InChI=1S/C31H28N2O6/c1-17(34)29-31(20-10-6-7-11-21(20)32-30(31)36)26(23-14-13-18-9-5-8-12-22(18)33(23)29)27(35)19-15-24(37-2)28(39-4)25(16-19)38-3/h5-16,23,26,29H,1-4H3,(H,32,36)/t23?,26-,29+,31+/m1/s1. The highest BCUT2D eigenvalue weighted by molar-refractivity contribution is 6.17. The van der Waals surface area contributed by atoms with Crippen molar-refractivity contribution in [1.29, 1.82) is 0 Å². The van der Waals surface area contributed by atoms with Crippen LogP contribution in [0.1, 0.15) is 28.4 Å². The Labute approximate surface area is 226 Å². The molecule has 3 aliphatic rings. The maximum Gasteiger partial charge on any atom is 0.238 e. The number of anilines is 2. The van der Waals surface area contributed by atoms with Crippen LogP contribution in [0.3, 0.4) is 0 Å². The fourth-order valence-electron chi connectivity index (χ4n) is 6.72. The molecule has 198 valence electrons. The first kappa shape index (κ1) is 24.7. The molecule has 1 amide bonds. The molecule has 1 unspecified atom stereocenters. The number of ether oxygens (including phenoxy) is 3. The number of ketones is 2. The predicted molar refractivity (Wildman–Crippen MR) is 147 cm³/mol. The zero-order chi connectivity index (χ0) is 27.5. The third-order valence-electron chi connectivity index (χ3n) is 8.16. The molecule has 0 bridgehead atoms. The summed E-state index contributed by atoms with van der Waals surface area (Å²) in [5.41, 5.74) is 1.80. The van der Waals surface area contributed by atoms with Gasteiger partial charge in [-0.3, -0.25) is 14.4 Å². The third kappa shape index (κ3) is 3.27. The van der Waals surface area contributed by atoms with Gasteiger partial charge in [-0.05, 0) is 42.3 Å². The van der Waals surface area contributed by atoms with Crippen LogP contribution in [0, 0.1) is 5.92 Å². The lowest BCUT2D eigenvalue weighted by Crippen LogP contribution is -2.54. The Hall–Kier alpha value is -4.59. The molecule has 0 aromatic heterocycles. The molecule has 0 saturated carbocycles. The molecule has 1 N–H and O–H groups in total. The minimum absolute atomic E-state index is 0.197. The second-order valence-corrected chi connectivity index (χ2v) is 9.95. The molecule has 1 spiro atoms. The lowest BCUT2D eigenvalue weighted by atomic mass is 9.64. The summed E-state index contributed by atoms with van der Waals surface area (Å²) in [7, 11) is 4.46. The summed E-state index contributed by atoms with van der Waals surface area (Å²) < 4.78 is 16.5. The Morgan fingerprint density at radius 3 is 2.26 bits per heavy atom. The predicted octanol–water partition coefficient (Wildman–Crippen LogP) is 4.27. The molecule has 39 heavy (non-hydrogen) atoms. The van der Waals surface area contributed by atoms with E-state index in [4.69, 9.17) is 14.2 Å². The summed E-state index contributed by atoms with van der Waals surface area (Å²) in [6.07, 6.45) is 3.89. The van der Waals surface area contributed by atoms with E-state index in [1.165, 1.54) is 28.3 Å². The average Bonchev–Trinajstić information content (AvgIpc) is 3.43. The zero-order valence-corrected chi connectivity index (χ0v) is 22.1. The van der Waals surface area contributed by atoms with Crippen LogP contribution in [0.4, 0.5) is 11.4 Å². The van der Waals surface area contributed by atoms with Crippen molar-refractivity contribution < 1.29 is 28.6 Å². The number of methoxy groups -OCH3 is 3. The van der Waals surface area contributed by atoms with Gasteiger partial charge in [-0.1, -0.05) is 48.6 Å². The van der Waals surface area contributed by atoms with Crippen LogP contribution in [-0.2, 0) is 15.0 Å². The Bertz CT molecular complexity index is 1540. The lowest BCUT2D eigenvalue weighted by Gasteiger charge is -2.36. The van der Waals surface area contributed by atoms with Crippen LogP contribution >= 0.6 is 0 Å². The van der Waals surface area contributed by atoms with Crippen molar-refractivity contribution in [3.63, 3.8) is 0 Å². The first-order valence-corrected chi connectivity index (χ1v) is 12.7. The van der Waals surface area contributed by atoms with Gasteiger partial charge in [-0.2, -0.15) is 0 Å². The van der Waals surface area contributed by atoms with E-state index in [-0.39, 0.29) is 17.5 Å². The molecule has 8 nitrogen and oxygen atoms in total. The van der Waals surface area contributed by atoms with E-state index in [9.17, 15) is 14.4 Å². The number of nitrogens with one attached hydrogen (secondary N) is 1. The summed E-state index contributed by atoms with van der Waals surface area (Å²) in [6, 6.07) is 16.8. The number of para-hydroxylation sites is 2. The summed E-state index contributed by atoms with van der Waals surface area (Å²) in [5.74, 6) is -0.782. The molecule has 1 fully saturated rings. The number of carbonyl (C=O) groups excluding carboxylic acids is 3. The van der Waals surface area contributed by atoms with Crippen molar-refractivity contribution in [2.24, 2.45) is 5.92 Å². The summed E-state index contributed by atoms with van der Waals surface area (Å²) in [4.78, 5) is 44.5. The number of nitrogens with zero attached hydrogens (tertiary/aromatic N) is 1. The van der Waals surface area contributed by atoms with E-state index in [0.29, 0.717) is 34.1 Å². The van der Waals surface area contributed by atoms with Gasteiger partial charge in [0.1, 0.15) is 11.5 Å². The van der Waals surface area contributed by atoms with Crippen molar-refractivity contribution >= 4 is 34.9 Å². The molecule has 3 heterocycles. The Kier molecular flexibility index (Phi) is 5.71. The van der Waals surface area contributed by atoms with E-state index >= 15 is 0 Å². The first-order chi connectivity index (χ1) is 18.9. The van der Waals surface area contributed by atoms with Gasteiger partial charge in [0.2, 0.25) is 11.7 Å². The van der Waals surface area contributed by atoms with Crippen LogP contribution in [-0.4, -0.2) is 50.9 Å². The molecule has 4 atom stereocenters. The smallest absolute Gasteiger partial charge is 0.238 e. The van der Waals surface area contributed by atoms with Crippen LogP contribution in [0.25, 0.3) is 6.08 Å². The van der Waals surface area contributed by atoms with Crippen LogP contribution in [0.5, 0.6) is 17.2 Å². The quantitative estimate of drug-likeness (QED) is 0.481. The summed E-state index contributed by atoms with van der Waals surface area (Å²) in [5, 5.41) is 2.98. The number of rotatable bonds is 6. The molecule has 6 rings (SSSR count). The van der Waals surface area contributed by atoms with Gasteiger partial charge < -0.3 is 24.4 Å². The van der Waals surface area contributed by atoms with Gasteiger partial charge in [0.15, 0.2) is 23.1 Å². The maximum atomic E-state index is 14.7. The van der Waals surface area contributed by atoms with E-state index in [1.54, 1.807) is 18.2 Å². The third-order valence-corrected chi connectivity index (χ3v) is 8.16. The topological polar surface area (TPSA) is 94.2 Å². The van der Waals surface area contributed by atoms with Crippen molar-refractivity contribution in [2.75, 3.05) is 31.5 Å².